The number of methoxy groups -OCH3 is 1. The molecular weight excluding hydrogens is 584 g/mol. The van der Waals surface area contributed by atoms with Crippen LogP contribution in [0.25, 0.3) is 22.1 Å². The molecule has 1 aromatic heterocycles. The summed E-state index contributed by atoms with van der Waals surface area (Å²) in [5.41, 5.74) is -4.66. The van der Waals surface area contributed by atoms with E-state index in [4.69, 9.17) is 18.6 Å². The van der Waals surface area contributed by atoms with E-state index in [0.29, 0.717) is 0 Å². The maximum Gasteiger partial charge on any atom is 0.417 e. The minimum Gasteiger partial charge on any atom is -0.497 e. The number of benzene rings is 2. The van der Waals surface area contributed by atoms with Crippen LogP contribution in [-0.4, -0.2) is 54.5 Å². The van der Waals surface area contributed by atoms with Crippen molar-refractivity contribution in [3.63, 3.8) is 0 Å². The summed E-state index contributed by atoms with van der Waals surface area (Å²) in [7, 11) is 2.90. The lowest BCUT2D eigenvalue weighted by Crippen LogP contribution is -2.43. The maximum atomic E-state index is 14.2. The fraction of sp³-hybridized carbons (Fsp3) is 0.467. The molecular formula is C30H29F6NO6. The standard InChI is InChI=1S/C30H29F6NO6/c1-27(2)28(3,37(27)4)26(39)43-22-11-10-21(24(22)30(34,35)36)41-17-7-6-15-12-19(25(38)42-23(15)14-17)18-9-8-16(40-5)13-20(18)29(31,32)33/h6-9,12-14,21-22,24H,10-11H2,1-5H3. The average Bonchev–Trinajstić information content (AvgIpc) is 3.17. The van der Waals surface area contributed by atoms with E-state index < -0.39 is 64.3 Å². The van der Waals surface area contributed by atoms with Gasteiger partial charge in [0.1, 0.15) is 40.7 Å². The highest BCUT2D eigenvalue weighted by Gasteiger charge is 2.70. The van der Waals surface area contributed by atoms with Gasteiger partial charge in [-0.2, -0.15) is 26.3 Å². The quantitative estimate of drug-likeness (QED) is 0.134. The molecule has 1 aliphatic heterocycles. The number of nitrogens with zero attached hydrogens (tertiary/aromatic N) is 1. The lowest BCUT2D eigenvalue weighted by atomic mass is 9.98. The van der Waals surface area contributed by atoms with Gasteiger partial charge < -0.3 is 18.6 Å². The van der Waals surface area contributed by atoms with E-state index in [0.717, 1.165) is 12.1 Å². The number of fused-ring (bicyclic) bond motifs is 1. The van der Waals surface area contributed by atoms with Crippen LogP contribution in [0.2, 0.25) is 0 Å². The Morgan fingerprint density at radius 1 is 0.930 bits per heavy atom. The van der Waals surface area contributed by atoms with Gasteiger partial charge in [0.05, 0.1) is 18.2 Å². The highest BCUT2D eigenvalue weighted by molar-refractivity contribution is 5.87. The Kier molecular flexibility index (Phi) is 7.26. The number of hydrogen-bond acceptors (Lipinski definition) is 7. The summed E-state index contributed by atoms with van der Waals surface area (Å²) in [6.07, 6.45) is -12.5. The largest absolute Gasteiger partial charge is 0.497 e. The molecule has 0 bridgehead atoms. The molecule has 2 aromatic carbocycles. The van der Waals surface area contributed by atoms with E-state index in [9.17, 15) is 35.9 Å². The zero-order valence-electron chi connectivity index (χ0n) is 23.9. The first kappa shape index (κ1) is 30.7. The van der Waals surface area contributed by atoms with Crippen molar-refractivity contribution in [2.75, 3.05) is 14.2 Å². The van der Waals surface area contributed by atoms with Gasteiger partial charge in [0.2, 0.25) is 0 Å². The number of ether oxygens (including phenoxy) is 3. The van der Waals surface area contributed by atoms with E-state index in [1.807, 2.05) is 0 Å². The van der Waals surface area contributed by atoms with Crippen LogP contribution < -0.4 is 15.1 Å². The molecule has 3 aromatic rings. The normalized spacial score (nSPS) is 26.8. The van der Waals surface area contributed by atoms with Gasteiger partial charge in [-0.1, -0.05) is 0 Å². The average molecular weight is 614 g/mol. The molecule has 1 saturated heterocycles. The highest BCUT2D eigenvalue weighted by atomic mass is 19.4. The number of halogens is 6. The minimum atomic E-state index is -4.80. The molecule has 7 nitrogen and oxygen atoms in total. The summed E-state index contributed by atoms with van der Waals surface area (Å²) < 4.78 is 105. The first-order valence-electron chi connectivity index (χ1n) is 13.4. The molecule has 0 spiro atoms. The predicted molar refractivity (Wildman–Crippen MR) is 143 cm³/mol. The van der Waals surface area contributed by atoms with Crippen LogP contribution in [0.4, 0.5) is 26.3 Å². The van der Waals surface area contributed by atoms with Crippen molar-refractivity contribution in [1.29, 1.82) is 0 Å². The van der Waals surface area contributed by atoms with E-state index in [-0.39, 0.29) is 40.9 Å². The predicted octanol–water partition coefficient (Wildman–Crippen LogP) is 6.60. The van der Waals surface area contributed by atoms with Crippen molar-refractivity contribution in [3.8, 4) is 22.6 Å². The molecule has 0 radical (unpaired) electrons. The number of alkyl halides is 6. The van der Waals surface area contributed by atoms with Crippen LogP contribution in [0.5, 0.6) is 11.5 Å². The van der Waals surface area contributed by atoms with Gasteiger partial charge in [0.25, 0.3) is 0 Å². The minimum absolute atomic E-state index is 0.0509. The number of esters is 1. The highest BCUT2D eigenvalue weighted by Crippen LogP contribution is 2.51. The zero-order valence-corrected chi connectivity index (χ0v) is 23.9. The van der Waals surface area contributed by atoms with Crippen LogP contribution in [0.15, 0.2) is 51.7 Å². The Morgan fingerprint density at radius 3 is 2.14 bits per heavy atom. The second-order valence-corrected chi connectivity index (χ2v) is 11.5. The monoisotopic (exact) mass is 613 g/mol. The number of likely N-dealkylation sites (N-methyl/N-ethyl adjacent to an activating group) is 1. The third-order valence-electron chi connectivity index (χ3n) is 9.04. The van der Waals surface area contributed by atoms with E-state index in [2.05, 4.69) is 0 Å². The van der Waals surface area contributed by atoms with Crippen LogP contribution >= 0.6 is 0 Å². The Bertz CT molecular complexity index is 1630. The molecule has 1 saturated carbocycles. The molecule has 5 rings (SSSR count). The van der Waals surface area contributed by atoms with E-state index >= 15 is 0 Å². The lowest BCUT2D eigenvalue weighted by Gasteiger charge is -2.28. The van der Waals surface area contributed by atoms with Crippen LogP contribution in [0, 0.1) is 5.92 Å². The third kappa shape index (κ3) is 5.21. The second-order valence-electron chi connectivity index (χ2n) is 11.5. The van der Waals surface area contributed by atoms with Crippen molar-refractivity contribution in [2.45, 2.75) is 69.3 Å². The smallest absolute Gasteiger partial charge is 0.417 e. The van der Waals surface area contributed by atoms with Crippen molar-refractivity contribution in [3.05, 3.63) is 58.4 Å². The van der Waals surface area contributed by atoms with Gasteiger partial charge in [-0.15, -0.1) is 0 Å². The van der Waals surface area contributed by atoms with Gasteiger partial charge in [-0.25, -0.2) is 9.59 Å². The SMILES string of the molecule is COc1ccc(-c2cc3ccc(OC4CCC(OC(=O)C5(C)N(C)C5(C)C)C4C(F)(F)F)cc3oc2=O)c(C(F)(F)F)c1. The Labute approximate surface area is 242 Å². The van der Waals surface area contributed by atoms with Gasteiger partial charge >= 0.3 is 23.9 Å². The second kappa shape index (κ2) is 10.2. The summed E-state index contributed by atoms with van der Waals surface area (Å²) in [5.74, 6) is -2.95. The van der Waals surface area contributed by atoms with Crippen LogP contribution in [0.1, 0.15) is 39.2 Å². The van der Waals surface area contributed by atoms with Crippen molar-refractivity contribution >= 4 is 16.9 Å². The number of carbonyl (C=O) groups excluding carboxylic acids is 1. The number of carbonyl (C=O) groups is 1. The molecule has 0 N–H and O–H groups in total. The molecule has 0 amide bonds. The molecule has 5 unspecified atom stereocenters. The van der Waals surface area contributed by atoms with Crippen molar-refractivity contribution < 1.29 is 49.8 Å². The Balaban J connectivity index is 1.40. The summed E-state index contributed by atoms with van der Waals surface area (Å²) in [6, 6.07) is 8.26. The zero-order chi connectivity index (χ0) is 31.7. The first-order valence-corrected chi connectivity index (χ1v) is 13.4. The maximum absolute atomic E-state index is 14.2. The summed E-state index contributed by atoms with van der Waals surface area (Å²) in [4.78, 5) is 27.4. The van der Waals surface area contributed by atoms with Gasteiger partial charge in [0, 0.05) is 22.6 Å². The molecule has 1 aliphatic carbocycles. The molecule has 2 heterocycles. The third-order valence-corrected chi connectivity index (χ3v) is 9.04. The summed E-state index contributed by atoms with van der Waals surface area (Å²) in [6.45, 7) is 5.21. The van der Waals surface area contributed by atoms with E-state index in [1.54, 1.807) is 32.7 Å². The van der Waals surface area contributed by atoms with Crippen molar-refractivity contribution in [1.82, 2.24) is 4.90 Å². The van der Waals surface area contributed by atoms with Crippen molar-refractivity contribution in [2.24, 2.45) is 5.92 Å². The lowest BCUT2D eigenvalue weighted by molar-refractivity contribution is -0.216. The number of rotatable bonds is 6. The number of hydrogen-bond donors (Lipinski definition) is 0. The molecule has 13 heteroatoms. The topological polar surface area (TPSA) is 78.0 Å². The molecule has 232 valence electrons. The van der Waals surface area contributed by atoms with E-state index in [1.165, 1.54) is 37.4 Å². The fourth-order valence-electron chi connectivity index (χ4n) is 5.87. The molecule has 2 fully saturated rings. The molecule has 5 atom stereocenters. The summed E-state index contributed by atoms with van der Waals surface area (Å²) >= 11 is 0. The molecule has 2 aliphatic rings. The van der Waals surface area contributed by atoms with Gasteiger partial charge in [-0.3, -0.25) is 4.90 Å². The summed E-state index contributed by atoms with van der Waals surface area (Å²) in [5, 5.41) is 0.223. The Morgan fingerprint density at radius 2 is 1.56 bits per heavy atom. The van der Waals surface area contributed by atoms with Crippen LogP contribution in [0.3, 0.4) is 0 Å². The first-order chi connectivity index (χ1) is 19.9. The molecule has 43 heavy (non-hydrogen) atoms. The Hall–Kier alpha value is -3.74. The van der Waals surface area contributed by atoms with Crippen LogP contribution in [-0.2, 0) is 15.7 Å². The fourth-order valence-corrected chi connectivity index (χ4v) is 5.87. The van der Waals surface area contributed by atoms with Gasteiger partial charge in [-0.05, 0) is 77.1 Å². The van der Waals surface area contributed by atoms with Gasteiger partial charge in [0.15, 0.2) is 0 Å².